The second kappa shape index (κ2) is 7.44. The number of nitrogens with zero attached hydrogens (tertiary/aromatic N) is 1. The van der Waals surface area contributed by atoms with Crippen LogP contribution < -0.4 is 16.4 Å². The molecule has 3 amide bonds. The van der Waals surface area contributed by atoms with Gasteiger partial charge in [-0.15, -0.1) is 0 Å². The second-order valence-corrected chi connectivity index (χ2v) is 6.92. The number of anilines is 1. The molecule has 2 unspecified atom stereocenters. The summed E-state index contributed by atoms with van der Waals surface area (Å²) >= 11 is 1.41. The van der Waals surface area contributed by atoms with E-state index < -0.39 is 0 Å². The minimum absolute atomic E-state index is 0.204. The minimum Gasteiger partial charge on any atom is -0.369 e. The number of rotatable bonds is 4. The van der Waals surface area contributed by atoms with Crippen LogP contribution in [0.25, 0.3) is 10.4 Å². The molecule has 2 aromatic rings. The predicted octanol–water partition coefficient (Wildman–Crippen LogP) is 2.98. The quantitative estimate of drug-likeness (QED) is 0.795. The topological polar surface area (TPSA) is 97.1 Å². The monoisotopic (exact) mass is 344 g/mol. The molecule has 126 valence electrons. The number of benzene rings is 1. The normalized spacial score (nSPS) is 20.3. The number of hydrogen-bond acceptors (Lipinski definition) is 4. The third-order valence-electron chi connectivity index (χ3n) is 4.23. The smallest absolute Gasteiger partial charge is 0.321 e. The average molecular weight is 344 g/mol. The Morgan fingerprint density at radius 2 is 1.92 bits per heavy atom. The van der Waals surface area contributed by atoms with Crippen molar-refractivity contribution in [3.63, 3.8) is 0 Å². The van der Waals surface area contributed by atoms with Crippen LogP contribution in [0, 0.1) is 5.92 Å². The molecule has 1 aliphatic carbocycles. The van der Waals surface area contributed by atoms with Gasteiger partial charge in [0.2, 0.25) is 5.91 Å². The Morgan fingerprint density at radius 1 is 1.17 bits per heavy atom. The molecule has 1 aliphatic rings. The van der Waals surface area contributed by atoms with Crippen LogP contribution in [0.2, 0.25) is 0 Å². The van der Waals surface area contributed by atoms with E-state index in [1.807, 2.05) is 30.3 Å². The fourth-order valence-corrected chi connectivity index (χ4v) is 3.83. The van der Waals surface area contributed by atoms with Crippen LogP contribution in [0.1, 0.15) is 25.7 Å². The number of amides is 3. The molecular weight excluding hydrogens is 324 g/mol. The minimum atomic E-state index is -0.347. The Hall–Kier alpha value is -2.41. The van der Waals surface area contributed by atoms with Crippen LogP contribution in [-0.4, -0.2) is 23.0 Å². The molecule has 7 heteroatoms. The molecule has 0 aliphatic heterocycles. The van der Waals surface area contributed by atoms with Gasteiger partial charge in [-0.3, -0.25) is 10.1 Å². The first-order valence-electron chi connectivity index (χ1n) is 8.01. The van der Waals surface area contributed by atoms with E-state index in [0.29, 0.717) is 5.13 Å². The van der Waals surface area contributed by atoms with Crippen molar-refractivity contribution >= 4 is 28.4 Å². The first kappa shape index (κ1) is 16.4. The summed E-state index contributed by atoms with van der Waals surface area (Å²) in [7, 11) is 0. The number of hydrogen-bond donors (Lipinski definition) is 3. The predicted molar refractivity (Wildman–Crippen MR) is 94.6 cm³/mol. The van der Waals surface area contributed by atoms with Gasteiger partial charge in [0, 0.05) is 12.2 Å². The van der Waals surface area contributed by atoms with E-state index in [1.165, 1.54) is 11.3 Å². The van der Waals surface area contributed by atoms with Crippen LogP contribution in [0.5, 0.6) is 0 Å². The van der Waals surface area contributed by atoms with Crippen LogP contribution in [0.4, 0.5) is 9.93 Å². The highest BCUT2D eigenvalue weighted by Crippen LogP contribution is 2.29. The number of thiazole rings is 1. The lowest BCUT2D eigenvalue weighted by atomic mass is 9.84. The average Bonchev–Trinajstić information content (AvgIpc) is 3.04. The highest BCUT2D eigenvalue weighted by molar-refractivity contribution is 7.19. The maximum Gasteiger partial charge on any atom is 0.321 e. The van der Waals surface area contributed by atoms with Gasteiger partial charge in [0.05, 0.1) is 10.8 Å². The largest absolute Gasteiger partial charge is 0.369 e. The molecule has 1 aromatic carbocycles. The van der Waals surface area contributed by atoms with Crippen LogP contribution >= 0.6 is 11.3 Å². The molecule has 24 heavy (non-hydrogen) atoms. The number of carbonyl (C=O) groups is 2. The number of urea groups is 1. The van der Waals surface area contributed by atoms with Gasteiger partial charge in [-0.2, -0.15) is 0 Å². The van der Waals surface area contributed by atoms with Gasteiger partial charge < -0.3 is 11.1 Å². The van der Waals surface area contributed by atoms with Gasteiger partial charge in [0.25, 0.3) is 0 Å². The zero-order valence-corrected chi connectivity index (χ0v) is 14.0. The molecule has 0 bridgehead atoms. The van der Waals surface area contributed by atoms with Gasteiger partial charge >= 0.3 is 6.03 Å². The summed E-state index contributed by atoms with van der Waals surface area (Å²) in [5.74, 6) is -0.638. The van der Waals surface area contributed by atoms with E-state index in [9.17, 15) is 9.59 Å². The van der Waals surface area contributed by atoms with Crippen LogP contribution in [-0.2, 0) is 4.79 Å². The third kappa shape index (κ3) is 3.91. The molecule has 1 saturated carbocycles. The molecule has 1 fully saturated rings. The number of nitrogens with one attached hydrogen (secondary N) is 2. The summed E-state index contributed by atoms with van der Waals surface area (Å²) in [6.45, 7) is 0. The molecule has 4 N–H and O–H groups in total. The first-order valence-corrected chi connectivity index (χ1v) is 8.83. The molecule has 3 rings (SSSR count). The summed E-state index contributed by atoms with van der Waals surface area (Å²) < 4.78 is 0. The zero-order valence-electron chi connectivity index (χ0n) is 13.2. The van der Waals surface area contributed by atoms with Gasteiger partial charge in [-0.1, -0.05) is 54.5 Å². The maximum absolute atomic E-state index is 12.2. The SMILES string of the molecule is NC(=O)C1CCCCC1NC(=O)Nc1ncc(-c2ccccc2)s1. The lowest BCUT2D eigenvalue weighted by Crippen LogP contribution is -2.48. The summed E-state index contributed by atoms with van der Waals surface area (Å²) in [5, 5.41) is 6.13. The van der Waals surface area contributed by atoms with E-state index in [4.69, 9.17) is 5.73 Å². The van der Waals surface area contributed by atoms with Crippen molar-refractivity contribution in [1.82, 2.24) is 10.3 Å². The third-order valence-corrected chi connectivity index (χ3v) is 5.19. The van der Waals surface area contributed by atoms with E-state index in [0.717, 1.165) is 36.1 Å². The molecule has 6 nitrogen and oxygen atoms in total. The van der Waals surface area contributed by atoms with Gasteiger partial charge in [-0.25, -0.2) is 9.78 Å². The van der Waals surface area contributed by atoms with E-state index >= 15 is 0 Å². The zero-order chi connectivity index (χ0) is 16.9. The Balaban J connectivity index is 1.61. The molecule has 2 atom stereocenters. The summed E-state index contributed by atoms with van der Waals surface area (Å²) in [6.07, 6.45) is 5.21. The molecule has 0 saturated heterocycles. The van der Waals surface area contributed by atoms with Crippen molar-refractivity contribution in [2.24, 2.45) is 11.7 Å². The Kier molecular flexibility index (Phi) is 5.10. The lowest BCUT2D eigenvalue weighted by Gasteiger charge is -2.29. The molecule has 1 aromatic heterocycles. The van der Waals surface area contributed by atoms with Crippen LogP contribution in [0.15, 0.2) is 36.5 Å². The number of primary amides is 1. The van der Waals surface area contributed by atoms with Gasteiger partial charge in [0.15, 0.2) is 5.13 Å². The van der Waals surface area contributed by atoms with E-state index in [1.54, 1.807) is 6.20 Å². The van der Waals surface area contributed by atoms with Crippen molar-refractivity contribution in [2.45, 2.75) is 31.7 Å². The van der Waals surface area contributed by atoms with Crippen molar-refractivity contribution in [3.05, 3.63) is 36.5 Å². The molecule has 1 heterocycles. The maximum atomic E-state index is 12.2. The van der Waals surface area contributed by atoms with E-state index in [-0.39, 0.29) is 23.9 Å². The number of nitrogens with two attached hydrogens (primary N) is 1. The fraction of sp³-hybridized carbons (Fsp3) is 0.353. The van der Waals surface area contributed by atoms with Crippen LogP contribution in [0.3, 0.4) is 0 Å². The first-order chi connectivity index (χ1) is 11.6. The summed E-state index contributed by atoms with van der Waals surface area (Å²) in [5.41, 5.74) is 6.49. The second-order valence-electron chi connectivity index (χ2n) is 5.89. The van der Waals surface area contributed by atoms with Gasteiger partial charge in [-0.05, 0) is 18.4 Å². The fourth-order valence-electron chi connectivity index (χ4n) is 3.01. The van der Waals surface area contributed by atoms with Crippen molar-refractivity contribution < 1.29 is 9.59 Å². The van der Waals surface area contributed by atoms with Crippen molar-refractivity contribution in [1.29, 1.82) is 0 Å². The Morgan fingerprint density at radius 3 is 2.67 bits per heavy atom. The highest BCUT2D eigenvalue weighted by atomic mass is 32.1. The Labute approximate surface area is 144 Å². The van der Waals surface area contributed by atoms with Crippen molar-refractivity contribution in [2.75, 3.05) is 5.32 Å². The Bertz CT molecular complexity index is 716. The summed E-state index contributed by atoms with van der Waals surface area (Å²) in [6, 6.07) is 9.32. The van der Waals surface area contributed by atoms with Crippen molar-refractivity contribution in [3.8, 4) is 10.4 Å². The highest BCUT2D eigenvalue weighted by Gasteiger charge is 2.30. The molecular formula is C17H20N4O2S. The molecule has 0 radical (unpaired) electrons. The lowest BCUT2D eigenvalue weighted by molar-refractivity contribution is -0.123. The van der Waals surface area contributed by atoms with Gasteiger partial charge in [0.1, 0.15) is 0 Å². The summed E-state index contributed by atoms with van der Waals surface area (Å²) in [4.78, 5) is 28.9. The number of carbonyl (C=O) groups excluding carboxylic acids is 2. The number of aromatic nitrogens is 1. The standard InChI is InChI=1S/C17H20N4O2S/c18-15(22)12-8-4-5-9-13(12)20-16(23)21-17-19-10-14(24-17)11-6-2-1-3-7-11/h1-3,6-7,10,12-13H,4-5,8-9H2,(H2,18,22)(H2,19,20,21,23). The van der Waals surface area contributed by atoms with E-state index in [2.05, 4.69) is 15.6 Å². The molecule has 0 spiro atoms.